The number of Topliss-reactive ketones (excluding diaryl/α,β-unsaturated/α-hetero) is 1. The smallest absolute Gasteiger partial charge is 0.184 e. The molecule has 2 N–H and O–H groups in total. The molecule has 0 spiro atoms. The van der Waals surface area contributed by atoms with Gasteiger partial charge in [-0.05, 0) is 19.3 Å². The molecule has 1 aliphatic carbocycles. The van der Waals surface area contributed by atoms with Crippen molar-refractivity contribution >= 4 is 17.4 Å². The molecule has 0 aromatic carbocycles. The fraction of sp³-hybridized carbons (Fsp3) is 0.600. The van der Waals surface area contributed by atoms with Crippen molar-refractivity contribution in [2.24, 2.45) is 12.8 Å². The van der Waals surface area contributed by atoms with Gasteiger partial charge in [0.2, 0.25) is 0 Å². The molecule has 0 bridgehead atoms. The molecule has 82 valence electrons. The van der Waals surface area contributed by atoms with Crippen LogP contribution in [0.15, 0.2) is 6.20 Å². The van der Waals surface area contributed by atoms with Crippen molar-refractivity contribution in [3.8, 4) is 0 Å². The number of carbonyl (C=O) groups is 1. The Kier molecular flexibility index (Phi) is 2.56. The number of hydrogen-bond donors (Lipinski definition) is 1. The maximum Gasteiger partial charge on any atom is 0.184 e. The van der Waals surface area contributed by atoms with Crippen LogP contribution in [0, 0.1) is 0 Å². The van der Waals surface area contributed by atoms with Crippen molar-refractivity contribution < 1.29 is 4.79 Å². The van der Waals surface area contributed by atoms with E-state index >= 15 is 0 Å². The number of rotatable bonds is 3. The molecular formula is C10H14ClN3O. The van der Waals surface area contributed by atoms with Crippen LogP contribution in [-0.4, -0.2) is 21.1 Å². The van der Waals surface area contributed by atoms with Crippen LogP contribution in [-0.2, 0) is 7.05 Å². The molecule has 0 saturated heterocycles. The number of nitrogens with zero attached hydrogens (tertiary/aromatic N) is 2. The van der Waals surface area contributed by atoms with Gasteiger partial charge in [0.1, 0.15) is 5.69 Å². The Morgan fingerprint density at radius 1 is 1.73 bits per heavy atom. The molecule has 1 aromatic heterocycles. The summed E-state index contributed by atoms with van der Waals surface area (Å²) in [4.78, 5) is 11.9. The Hall–Kier alpha value is -0.870. The van der Waals surface area contributed by atoms with Crippen LogP contribution in [0.3, 0.4) is 0 Å². The molecule has 1 aromatic rings. The standard InChI is InChI=1S/C10H14ClN3O/c1-14-9(7(11)6-13-14)8(15)5-10(12)3-2-4-10/h6H,2-5,12H2,1H3. The molecular weight excluding hydrogens is 214 g/mol. The Bertz CT molecular complexity index is 376. The van der Waals surface area contributed by atoms with Gasteiger partial charge in [0.05, 0.1) is 11.2 Å². The average Bonchev–Trinajstić information content (AvgIpc) is 2.43. The molecule has 2 rings (SSSR count). The fourth-order valence-electron chi connectivity index (χ4n) is 1.94. The number of halogens is 1. The minimum absolute atomic E-state index is 0.0119. The lowest BCUT2D eigenvalue weighted by atomic mass is 9.74. The van der Waals surface area contributed by atoms with Gasteiger partial charge in [0.15, 0.2) is 5.78 Å². The van der Waals surface area contributed by atoms with E-state index in [0.717, 1.165) is 19.3 Å². The summed E-state index contributed by atoms with van der Waals surface area (Å²) in [5.74, 6) is -0.0119. The van der Waals surface area contributed by atoms with E-state index < -0.39 is 0 Å². The third kappa shape index (κ3) is 1.92. The largest absolute Gasteiger partial charge is 0.325 e. The van der Waals surface area contributed by atoms with E-state index in [-0.39, 0.29) is 11.3 Å². The van der Waals surface area contributed by atoms with Gasteiger partial charge in [0.25, 0.3) is 0 Å². The second-order valence-corrected chi connectivity index (χ2v) is 4.69. The van der Waals surface area contributed by atoms with Crippen molar-refractivity contribution in [2.75, 3.05) is 0 Å². The van der Waals surface area contributed by atoms with Crippen molar-refractivity contribution in [1.82, 2.24) is 9.78 Å². The lowest BCUT2D eigenvalue weighted by Gasteiger charge is -2.37. The number of hydrogen-bond acceptors (Lipinski definition) is 3. The zero-order valence-corrected chi connectivity index (χ0v) is 9.42. The van der Waals surface area contributed by atoms with Crippen LogP contribution in [0.25, 0.3) is 0 Å². The maximum atomic E-state index is 11.9. The molecule has 0 amide bonds. The quantitative estimate of drug-likeness (QED) is 0.797. The molecule has 4 nitrogen and oxygen atoms in total. The zero-order chi connectivity index (χ0) is 11.1. The molecule has 0 radical (unpaired) electrons. The first kappa shape index (κ1) is 10.6. The van der Waals surface area contributed by atoms with E-state index in [1.165, 1.54) is 10.9 Å². The fourth-order valence-corrected chi connectivity index (χ4v) is 2.21. The zero-order valence-electron chi connectivity index (χ0n) is 8.66. The minimum Gasteiger partial charge on any atom is -0.325 e. The number of aryl methyl sites for hydroxylation is 1. The number of ketones is 1. The van der Waals surface area contributed by atoms with E-state index in [9.17, 15) is 4.79 Å². The van der Waals surface area contributed by atoms with Crippen LogP contribution in [0.4, 0.5) is 0 Å². The SMILES string of the molecule is Cn1ncc(Cl)c1C(=O)CC1(N)CCC1. The highest BCUT2D eigenvalue weighted by Gasteiger charge is 2.35. The van der Waals surface area contributed by atoms with Crippen LogP contribution >= 0.6 is 11.6 Å². The molecule has 1 heterocycles. The molecule has 0 aliphatic heterocycles. The van der Waals surface area contributed by atoms with Crippen molar-refractivity contribution in [2.45, 2.75) is 31.2 Å². The number of nitrogens with two attached hydrogens (primary N) is 1. The summed E-state index contributed by atoms with van der Waals surface area (Å²) in [7, 11) is 1.71. The second-order valence-electron chi connectivity index (χ2n) is 4.28. The van der Waals surface area contributed by atoms with Gasteiger partial charge in [-0.1, -0.05) is 11.6 Å². The molecule has 5 heteroatoms. The summed E-state index contributed by atoms with van der Waals surface area (Å²) < 4.78 is 1.51. The van der Waals surface area contributed by atoms with Gasteiger partial charge in [-0.2, -0.15) is 5.10 Å². The van der Waals surface area contributed by atoms with Crippen molar-refractivity contribution in [3.63, 3.8) is 0 Å². The monoisotopic (exact) mass is 227 g/mol. The second kappa shape index (κ2) is 3.61. The van der Waals surface area contributed by atoms with Crippen LogP contribution < -0.4 is 5.73 Å². The highest BCUT2D eigenvalue weighted by atomic mass is 35.5. The molecule has 0 atom stereocenters. The Morgan fingerprint density at radius 3 is 2.80 bits per heavy atom. The Balaban J connectivity index is 2.14. The van der Waals surface area contributed by atoms with E-state index in [1.54, 1.807) is 7.05 Å². The molecule has 1 fully saturated rings. The topological polar surface area (TPSA) is 60.9 Å². The normalized spacial score (nSPS) is 18.6. The summed E-state index contributed by atoms with van der Waals surface area (Å²) in [5, 5.41) is 4.34. The van der Waals surface area contributed by atoms with Gasteiger partial charge >= 0.3 is 0 Å². The molecule has 15 heavy (non-hydrogen) atoms. The van der Waals surface area contributed by atoms with Gasteiger partial charge in [0, 0.05) is 19.0 Å². The first-order chi connectivity index (χ1) is 7.02. The summed E-state index contributed by atoms with van der Waals surface area (Å²) in [5.41, 5.74) is 6.18. The summed E-state index contributed by atoms with van der Waals surface area (Å²) in [6.45, 7) is 0. The molecule has 0 unspecified atom stereocenters. The molecule has 1 saturated carbocycles. The summed E-state index contributed by atoms with van der Waals surface area (Å²) in [6, 6.07) is 0. The summed E-state index contributed by atoms with van der Waals surface area (Å²) in [6.07, 6.45) is 4.82. The molecule has 1 aliphatic rings. The van der Waals surface area contributed by atoms with Gasteiger partial charge < -0.3 is 5.73 Å². The van der Waals surface area contributed by atoms with E-state index in [1.807, 2.05) is 0 Å². The number of carbonyl (C=O) groups excluding carboxylic acids is 1. The highest BCUT2D eigenvalue weighted by Crippen LogP contribution is 2.33. The van der Waals surface area contributed by atoms with E-state index in [4.69, 9.17) is 17.3 Å². The first-order valence-corrected chi connectivity index (χ1v) is 5.39. The maximum absolute atomic E-state index is 11.9. The summed E-state index contributed by atoms with van der Waals surface area (Å²) >= 11 is 5.89. The van der Waals surface area contributed by atoms with E-state index in [0.29, 0.717) is 17.1 Å². The van der Waals surface area contributed by atoms with Gasteiger partial charge in [-0.15, -0.1) is 0 Å². The van der Waals surface area contributed by atoms with Crippen LogP contribution in [0.1, 0.15) is 36.2 Å². The predicted molar refractivity (Wildman–Crippen MR) is 57.9 cm³/mol. The van der Waals surface area contributed by atoms with Gasteiger partial charge in [-0.3, -0.25) is 9.48 Å². The van der Waals surface area contributed by atoms with Crippen molar-refractivity contribution in [1.29, 1.82) is 0 Å². The highest BCUT2D eigenvalue weighted by molar-refractivity contribution is 6.33. The number of aromatic nitrogens is 2. The van der Waals surface area contributed by atoms with Crippen LogP contribution in [0.5, 0.6) is 0 Å². The van der Waals surface area contributed by atoms with Gasteiger partial charge in [-0.25, -0.2) is 0 Å². The third-order valence-corrected chi connectivity index (χ3v) is 3.30. The van der Waals surface area contributed by atoms with Crippen molar-refractivity contribution in [3.05, 3.63) is 16.9 Å². The third-order valence-electron chi connectivity index (χ3n) is 3.02. The predicted octanol–water partition coefficient (Wildman–Crippen LogP) is 1.53. The van der Waals surface area contributed by atoms with E-state index in [2.05, 4.69) is 5.10 Å². The minimum atomic E-state index is -0.301. The first-order valence-electron chi connectivity index (χ1n) is 5.01. The Morgan fingerprint density at radius 2 is 2.40 bits per heavy atom. The van der Waals surface area contributed by atoms with Crippen LogP contribution in [0.2, 0.25) is 5.02 Å². The average molecular weight is 228 g/mol. The lowest BCUT2D eigenvalue weighted by Crippen LogP contribution is -2.48. The lowest BCUT2D eigenvalue weighted by molar-refractivity contribution is 0.0903. The Labute approximate surface area is 93.4 Å².